The molecule has 1 atom stereocenters. The number of benzene rings is 2. The van der Waals surface area contributed by atoms with Gasteiger partial charge < -0.3 is 4.74 Å². The molecule has 0 aliphatic rings. The highest BCUT2D eigenvalue weighted by Gasteiger charge is 2.25. The largest absolute Gasteiger partial charge is 0.468 e. The third-order valence-electron chi connectivity index (χ3n) is 3.37. The Hall–Kier alpha value is -2.38. The molecule has 2 aromatic rings. The fraction of sp³-hybridized carbons (Fsp3) is 0.235. The summed E-state index contributed by atoms with van der Waals surface area (Å²) in [6, 6.07) is 15.0. The molecule has 0 aromatic heterocycles. The number of methoxy groups -OCH3 is 1. The number of rotatable bonds is 7. The second kappa shape index (κ2) is 7.94. The van der Waals surface area contributed by atoms with Gasteiger partial charge in [0.15, 0.2) is 0 Å². The summed E-state index contributed by atoms with van der Waals surface area (Å²) in [7, 11) is -2.70. The molecular weight excluding hydrogens is 328 g/mol. The number of hydrogen-bond donors (Lipinski definition) is 2. The lowest BCUT2D eigenvalue weighted by Crippen LogP contribution is -2.45. The Morgan fingerprint density at radius 3 is 2.29 bits per heavy atom. The van der Waals surface area contributed by atoms with Gasteiger partial charge in [-0.15, -0.1) is 0 Å². The van der Waals surface area contributed by atoms with E-state index in [9.17, 15) is 13.2 Å². The van der Waals surface area contributed by atoms with Crippen molar-refractivity contribution < 1.29 is 17.9 Å². The molecule has 7 heteroatoms. The third-order valence-corrected chi connectivity index (χ3v) is 4.47. The topological polar surface area (TPSA) is 84.5 Å². The Labute approximate surface area is 142 Å². The van der Waals surface area contributed by atoms with Crippen molar-refractivity contribution in [2.75, 3.05) is 11.8 Å². The van der Waals surface area contributed by atoms with Crippen LogP contribution >= 0.6 is 0 Å². The highest BCUT2D eigenvalue weighted by atomic mass is 32.2. The quantitative estimate of drug-likeness (QED) is 0.750. The molecule has 0 bridgehead atoms. The molecule has 0 heterocycles. The second-order valence-corrected chi connectivity index (χ2v) is 6.80. The summed E-state index contributed by atoms with van der Waals surface area (Å²) < 4.78 is 34.0. The highest BCUT2D eigenvalue weighted by molar-refractivity contribution is 7.90. The number of carbonyl (C=O) groups is 1. The van der Waals surface area contributed by atoms with E-state index in [1.165, 1.54) is 7.11 Å². The Morgan fingerprint density at radius 2 is 1.71 bits per heavy atom. The first-order valence-corrected chi connectivity index (χ1v) is 8.86. The maximum atomic E-state index is 12.3. The van der Waals surface area contributed by atoms with E-state index in [-0.39, 0.29) is 6.42 Å². The molecule has 2 N–H and O–H groups in total. The molecule has 0 saturated heterocycles. The molecule has 128 valence electrons. The second-order valence-electron chi connectivity index (χ2n) is 5.35. The summed E-state index contributed by atoms with van der Waals surface area (Å²) in [4.78, 5) is 11.9. The molecule has 0 spiro atoms. The third kappa shape index (κ3) is 5.36. The summed E-state index contributed by atoms with van der Waals surface area (Å²) in [5, 5.41) is 0. The zero-order valence-corrected chi connectivity index (χ0v) is 14.3. The van der Waals surface area contributed by atoms with E-state index in [1.807, 2.05) is 37.3 Å². The summed E-state index contributed by atoms with van der Waals surface area (Å²) in [6.45, 7) is 1.91. The van der Waals surface area contributed by atoms with Crippen LogP contribution in [0.15, 0.2) is 54.6 Å². The van der Waals surface area contributed by atoms with Crippen molar-refractivity contribution in [2.24, 2.45) is 0 Å². The Bertz CT molecular complexity index is 774. The molecule has 0 radical (unpaired) electrons. The monoisotopic (exact) mass is 348 g/mol. The van der Waals surface area contributed by atoms with E-state index in [1.54, 1.807) is 24.3 Å². The van der Waals surface area contributed by atoms with Gasteiger partial charge in [-0.3, -0.25) is 9.52 Å². The summed E-state index contributed by atoms with van der Waals surface area (Å²) >= 11 is 0. The van der Waals surface area contributed by atoms with E-state index in [2.05, 4.69) is 9.44 Å². The number of hydrogen-bond acceptors (Lipinski definition) is 4. The minimum absolute atomic E-state index is 0.197. The van der Waals surface area contributed by atoms with Gasteiger partial charge in [-0.05, 0) is 31.0 Å². The predicted molar refractivity (Wildman–Crippen MR) is 92.8 cm³/mol. The van der Waals surface area contributed by atoms with E-state index >= 15 is 0 Å². The molecule has 24 heavy (non-hydrogen) atoms. The summed E-state index contributed by atoms with van der Waals surface area (Å²) in [5.41, 5.74) is 2.25. The van der Waals surface area contributed by atoms with Crippen LogP contribution in [0.2, 0.25) is 0 Å². The lowest BCUT2D eigenvalue weighted by molar-refractivity contribution is -0.142. The van der Waals surface area contributed by atoms with Crippen LogP contribution in [0.4, 0.5) is 5.69 Å². The van der Waals surface area contributed by atoms with Gasteiger partial charge in [-0.2, -0.15) is 13.1 Å². The Morgan fingerprint density at radius 1 is 1.08 bits per heavy atom. The first-order valence-electron chi connectivity index (χ1n) is 7.38. The van der Waals surface area contributed by atoms with E-state index < -0.39 is 22.2 Å². The van der Waals surface area contributed by atoms with Crippen molar-refractivity contribution >= 4 is 21.9 Å². The molecule has 0 aliphatic heterocycles. The van der Waals surface area contributed by atoms with Crippen LogP contribution in [0.1, 0.15) is 11.1 Å². The fourth-order valence-electron chi connectivity index (χ4n) is 2.16. The number of nitrogens with one attached hydrogen (secondary N) is 2. The maximum absolute atomic E-state index is 12.3. The number of ether oxygens (including phenoxy) is 1. The van der Waals surface area contributed by atoms with Gasteiger partial charge in [0.1, 0.15) is 6.04 Å². The van der Waals surface area contributed by atoms with Gasteiger partial charge in [0.05, 0.1) is 7.11 Å². The number of esters is 1. The molecular formula is C17H20N2O4S. The fourth-order valence-corrected chi connectivity index (χ4v) is 3.22. The number of carbonyl (C=O) groups excluding carboxylic acids is 1. The lowest BCUT2D eigenvalue weighted by Gasteiger charge is -2.17. The minimum atomic E-state index is -3.92. The zero-order chi connectivity index (χ0) is 17.6. The van der Waals surface area contributed by atoms with Crippen LogP contribution in [0.3, 0.4) is 0 Å². The van der Waals surface area contributed by atoms with Gasteiger partial charge >= 0.3 is 5.97 Å². The normalized spacial score (nSPS) is 12.4. The van der Waals surface area contributed by atoms with Gasteiger partial charge in [0.25, 0.3) is 10.2 Å². The highest BCUT2D eigenvalue weighted by Crippen LogP contribution is 2.11. The van der Waals surface area contributed by atoms with Gasteiger partial charge in [-0.25, -0.2) is 0 Å². The van der Waals surface area contributed by atoms with Crippen molar-refractivity contribution in [1.29, 1.82) is 0 Å². The lowest BCUT2D eigenvalue weighted by atomic mass is 10.1. The van der Waals surface area contributed by atoms with Crippen LogP contribution in [-0.4, -0.2) is 27.5 Å². The van der Waals surface area contributed by atoms with Crippen molar-refractivity contribution in [2.45, 2.75) is 19.4 Å². The van der Waals surface area contributed by atoms with E-state index in [0.717, 1.165) is 11.1 Å². The van der Waals surface area contributed by atoms with Crippen LogP contribution in [0.5, 0.6) is 0 Å². The van der Waals surface area contributed by atoms with Crippen molar-refractivity contribution in [3.05, 3.63) is 65.7 Å². The number of anilines is 1. The summed E-state index contributed by atoms with van der Waals surface area (Å²) in [6.07, 6.45) is 0.197. The smallest absolute Gasteiger partial charge is 0.324 e. The Kier molecular flexibility index (Phi) is 5.94. The maximum Gasteiger partial charge on any atom is 0.324 e. The molecule has 0 saturated carbocycles. The van der Waals surface area contributed by atoms with Crippen molar-refractivity contribution in [3.8, 4) is 0 Å². The standard InChI is InChI=1S/C17H20N2O4S/c1-13-8-10-15(11-9-13)18-24(21,22)19-16(17(20)23-2)12-14-6-4-3-5-7-14/h3-11,16,18-19H,12H2,1-2H3/t16-/m0/s1. The molecule has 2 aromatic carbocycles. The Balaban J connectivity index is 2.12. The molecule has 6 nitrogen and oxygen atoms in total. The predicted octanol–water partition coefficient (Wildman–Crippen LogP) is 2.03. The summed E-state index contributed by atoms with van der Waals surface area (Å²) in [5.74, 6) is -0.645. The van der Waals surface area contributed by atoms with Crippen molar-refractivity contribution in [1.82, 2.24) is 4.72 Å². The minimum Gasteiger partial charge on any atom is -0.468 e. The SMILES string of the molecule is COC(=O)[C@H](Cc1ccccc1)NS(=O)(=O)Nc1ccc(C)cc1. The van der Waals surface area contributed by atoms with Crippen LogP contribution in [0.25, 0.3) is 0 Å². The molecule has 2 rings (SSSR count). The van der Waals surface area contributed by atoms with Crippen LogP contribution in [-0.2, 0) is 26.2 Å². The van der Waals surface area contributed by atoms with Crippen molar-refractivity contribution in [3.63, 3.8) is 0 Å². The number of aryl methyl sites for hydroxylation is 1. The molecule has 0 unspecified atom stereocenters. The molecule has 0 fully saturated rings. The first kappa shape index (κ1) is 18.0. The van der Waals surface area contributed by atoms with E-state index in [0.29, 0.717) is 5.69 Å². The first-order chi connectivity index (χ1) is 11.4. The average Bonchev–Trinajstić information content (AvgIpc) is 2.56. The van der Waals surface area contributed by atoms with Crippen LogP contribution < -0.4 is 9.44 Å². The molecule has 0 aliphatic carbocycles. The average molecular weight is 348 g/mol. The van der Waals surface area contributed by atoms with E-state index in [4.69, 9.17) is 4.74 Å². The van der Waals surface area contributed by atoms with Gasteiger partial charge in [0, 0.05) is 5.69 Å². The van der Waals surface area contributed by atoms with Crippen LogP contribution in [0, 0.1) is 6.92 Å². The molecule has 0 amide bonds. The van der Waals surface area contributed by atoms with Gasteiger partial charge in [-0.1, -0.05) is 48.0 Å². The zero-order valence-electron chi connectivity index (χ0n) is 13.5. The van der Waals surface area contributed by atoms with Gasteiger partial charge in [0.2, 0.25) is 0 Å².